The van der Waals surface area contributed by atoms with Gasteiger partial charge in [-0.05, 0) is 60.6 Å². The van der Waals surface area contributed by atoms with Gasteiger partial charge in [-0.25, -0.2) is 14.6 Å². The van der Waals surface area contributed by atoms with Crippen molar-refractivity contribution in [3.05, 3.63) is 202 Å². The lowest BCUT2D eigenvalue weighted by Gasteiger charge is -2.49. The molecular weight excluding hydrogens is 1020 g/mol. The van der Waals surface area contributed by atoms with Crippen LogP contribution in [0.1, 0.15) is 79.6 Å². The van der Waals surface area contributed by atoms with Crippen molar-refractivity contribution < 1.29 is 33.5 Å². The summed E-state index contributed by atoms with van der Waals surface area (Å²) in [6.07, 6.45) is 0.651. The number of anilines is 1. The number of carbonyl (C=O) groups is 4. The van der Waals surface area contributed by atoms with Crippen LogP contribution in [-0.4, -0.2) is 72.1 Å². The summed E-state index contributed by atoms with van der Waals surface area (Å²) >= 11 is 4.91. The number of hydrogen-bond donors (Lipinski definition) is 2. The molecule has 2 N–H and O–H groups in total. The summed E-state index contributed by atoms with van der Waals surface area (Å²) in [5.41, 5.74) is 2.16. The van der Waals surface area contributed by atoms with E-state index in [2.05, 4.69) is 74.8 Å². The first-order valence-corrected chi connectivity index (χ1v) is 26.1. The fourth-order valence-electron chi connectivity index (χ4n) is 8.65. The van der Waals surface area contributed by atoms with E-state index in [1.807, 2.05) is 115 Å². The fourth-order valence-corrected chi connectivity index (χ4v) is 11.7. The van der Waals surface area contributed by atoms with E-state index in [1.54, 1.807) is 26.2 Å². The predicted octanol–water partition coefficient (Wildman–Crippen LogP) is 9.95. The van der Waals surface area contributed by atoms with Gasteiger partial charge in [-0.15, -0.1) is 23.1 Å². The number of nitrogens with zero attached hydrogens (tertiary/aromatic N) is 3. The van der Waals surface area contributed by atoms with Crippen molar-refractivity contribution in [1.82, 2.24) is 15.2 Å². The average molecular weight is 1070 g/mol. The van der Waals surface area contributed by atoms with Gasteiger partial charge in [0, 0.05) is 28.4 Å². The Bertz CT molecular complexity index is 2740. The summed E-state index contributed by atoms with van der Waals surface area (Å²) in [5, 5.41) is 12.6. The highest BCUT2D eigenvalue weighted by Crippen LogP contribution is 2.44. The summed E-state index contributed by atoms with van der Waals surface area (Å²) in [6.45, 7) is 5.33. The minimum absolute atomic E-state index is 0.158. The van der Waals surface area contributed by atoms with Crippen molar-refractivity contribution in [1.29, 1.82) is 0 Å². The van der Waals surface area contributed by atoms with E-state index in [1.165, 1.54) is 28.0 Å². The van der Waals surface area contributed by atoms with Crippen LogP contribution in [0.5, 0.6) is 0 Å². The van der Waals surface area contributed by atoms with Crippen molar-refractivity contribution >= 4 is 80.3 Å². The third-order valence-electron chi connectivity index (χ3n) is 12.2. The molecule has 1 unspecified atom stereocenters. The van der Waals surface area contributed by atoms with Crippen LogP contribution in [0.3, 0.4) is 0 Å². The smallest absolute Gasteiger partial charge is 0.356 e. The van der Waals surface area contributed by atoms with Gasteiger partial charge in [0.25, 0.3) is 11.8 Å². The second-order valence-corrected chi connectivity index (χ2v) is 20.7. The Morgan fingerprint density at radius 2 is 1.33 bits per heavy atom. The number of esters is 2. The zero-order valence-corrected chi connectivity index (χ0v) is 42.0. The van der Waals surface area contributed by atoms with Crippen LogP contribution in [0.25, 0.3) is 0 Å². The number of fused-ring (bicyclic) bond motifs is 1. The molecule has 0 bridgehead atoms. The van der Waals surface area contributed by atoms with Crippen molar-refractivity contribution in [2.24, 2.45) is 5.16 Å². The topological polar surface area (TPSA) is 149 Å². The Hall–Kier alpha value is -6.30. The highest BCUT2D eigenvalue weighted by atomic mass is 127. The number of oxime groups is 1. The van der Waals surface area contributed by atoms with Gasteiger partial charge in [-0.3, -0.25) is 14.5 Å². The molecule has 2 fully saturated rings. The molecule has 69 heavy (non-hydrogen) atoms. The summed E-state index contributed by atoms with van der Waals surface area (Å²) < 4.78 is 12.5. The van der Waals surface area contributed by atoms with Crippen LogP contribution < -0.4 is 10.6 Å². The second-order valence-electron chi connectivity index (χ2n) is 17.9. The van der Waals surface area contributed by atoms with E-state index >= 15 is 0 Å². The monoisotopic (exact) mass is 1070 g/mol. The fraction of sp³-hybridized carbons (Fsp3) is 0.259. The van der Waals surface area contributed by atoms with E-state index in [4.69, 9.17) is 19.3 Å². The molecule has 1 aliphatic carbocycles. The molecule has 3 heterocycles. The first kappa shape index (κ1) is 47.8. The lowest BCUT2D eigenvalue weighted by atomic mass is 9.77. The molecule has 0 radical (unpaired) electrons. The van der Waals surface area contributed by atoms with E-state index in [0.29, 0.717) is 34.6 Å². The van der Waals surface area contributed by atoms with Gasteiger partial charge >= 0.3 is 11.9 Å². The highest BCUT2D eigenvalue weighted by Gasteiger charge is 2.55. The molecule has 352 valence electrons. The number of thioether (sulfide) groups is 1. The Labute approximate surface area is 423 Å². The van der Waals surface area contributed by atoms with Crippen LogP contribution in [-0.2, 0) is 39.0 Å². The summed E-state index contributed by atoms with van der Waals surface area (Å²) in [4.78, 5) is 69.6. The van der Waals surface area contributed by atoms with Gasteiger partial charge in [-0.1, -0.05) is 179 Å². The molecule has 1 aromatic heterocycles. The molecule has 12 nitrogen and oxygen atoms in total. The van der Waals surface area contributed by atoms with Gasteiger partial charge < -0.3 is 24.9 Å². The maximum Gasteiger partial charge on any atom is 0.356 e. The molecule has 3 aliphatic rings. The number of ether oxygens (including phenoxy) is 2. The number of halogens is 1. The quantitative estimate of drug-likeness (QED) is 0.0183. The second kappa shape index (κ2) is 20.3. The molecule has 1 saturated heterocycles. The minimum atomic E-state index is -1.41. The lowest BCUT2D eigenvalue weighted by molar-refractivity contribution is -0.196. The molecule has 15 heteroatoms. The number of benzene rings is 5. The van der Waals surface area contributed by atoms with Gasteiger partial charge in [0.1, 0.15) is 33.9 Å². The largest absolute Gasteiger partial charge is 0.457 e. The molecular formula is C54H50IN5O7S2. The van der Waals surface area contributed by atoms with Crippen LogP contribution in [0.2, 0.25) is 0 Å². The van der Waals surface area contributed by atoms with Crippen LogP contribution >= 0.6 is 45.7 Å². The summed E-state index contributed by atoms with van der Waals surface area (Å²) in [6, 6.07) is 48.1. The molecule has 2 atom stereocenters. The third-order valence-corrected chi connectivity index (χ3v) is 15.3. The highest BCUT2D eigenvalue weighted by molar-refractivity contribution is 14.1. The average Bonchev–Trinajstić information content (AvgIpc) is 3.82. The van der Waals surface area contributed by atoms with E-state index in [9.17, 15) is 19.2 Å². The maximum absolute atomic E-state index is 14.8. The van der Waals surface area contributed by atoms with Crippen molar-refractivity contribution in [2.45, 2.75) is 74.3 Å². The number of rotatable bonds is 16. The number of β-lactam (4-membered cyclic amide) rings is 1. The zero-order chi connectivity index (χ0) is 48.2. The molecule has 9 rings (SSSR count). The minimum Gasteiger partial charge on any atom is -0.457 e. The molecule has 6 aromatic rings. The maximum atomic E-state index is 14.8. The number of thiazole rings is 1. The molecule has 0 spiro atoms. The lowest BCUT2D eigenvalue weighted by Crippen LogP contribution is -2.71. The van der Waals surface area contributed by atoms with Crippen LogP contribution in [0.4, 0.5) is 5.13 Å². The predicted molar refractivity (Wildman–Crippen MR) is 277 cm³/mol. The summed E-state index contributed by atoms with van der Waals surface area (Å²) in [7, 11) is 0. The standard InChI is InChI=1S/C54H50IN5O7S2/c1-52(2,3)66-50(64)53(30-19-31-53)67-59-42(41-34-69-51(56-41)58-54(38-24-13-6-14-25-38,39-26-15-7-16-27-39)40-28-17-8-18-29-40)46(61)57-43-47(62)60-44(37(32-55)33-68-48(43)60)49(63)65-45(35-20-9-4-10-21-35)36-22-11-5-12-23-36/h4-18,20-29,34,43,45,48H,19,30-33H2,1-3H3,(H,56,58)(H,57,61)/t43?,48-/m0/s1. The van der Waals surface area contributed by atoms with Gasteiger partial charge in [-0.2, -0.15) is 0 Å². The van der Waals surface area contributed by atoms with Crippen molar-refractivity contribution in [3.8, 4) is 0 Å². The van der Waals surface area contributed by atoms with Crippen molar-refractivity contribution in [3.63, 3.8) is 0 Å². The number of nitrogens with one attached hydrogen (secondary N) is 2. The van der Waals surface area contributed by atoms with E-state index in [0.717, 1.165) is 33.4 Å². The number of hydrogen-bond acceptors (Lipinski definition) is 12. The van der Waals surface area contributed by atoms with Gasteiger partial charge in [0.15, 0.2) is 16.9 Å². The van der Waals surface area contributed by atoms with Gasteiger partial charge in [0.05, 0.1) is 0 Å². The van der Waals surface area contributed by atoms with E-state index < -0.39 is 58.0 Å². The number of amides is 2. The SMILES string of the molecule is CC(C)(C)OC(=O)C1(ON=C(C(=O)NC2C(=O)N3C(C(=O)OC(c4ccccc4)c4ccccc4)=C(CI)CS[C@@H]23)c2csc(NC(c3ccccc3)(c3ccccc3)c3ccccc3)n2)CCC1. The van der Waals surface area contributed by atoms with Crippen LogP contribution in [0, 0.1) is 0 Å². The van der Waals surface area contributed by atoms with Crippen LogP contribution in [0.15, 0.2) is 173 Å². The first-order chi connectivity index (χ1) is 33.4. The Morgan fingerprint density at radius 1 is 0.812 bits per heavy atom. The van der Waals surface area contributed by atoms with Crippen molar-refractivity contribution in [2.75, 3.05) is 15.5 Å². The Balaban J connectivity index is 1.03. The number of alkyl halides is 1. The summed E-state index contributed by atoms with van der Waals surface area (Å²) in [5.74, 6) is -2.00. The molecule has 1 saturated carbocycles. The molecule has 2 aliphatic heterocycles. The number of aromatic nitrogens is 1. The van der Waals surface area contributed by atoms with E-state index in [-0.39, 0.29) is 17.1 Å². The molecule has 5 aromatic carbocycles. The Kier molecular flexibility index (Phi) is 14.1. The normalized spacial score (nSPS) is 17.8. The molecule has 2 amide bonds. The zero-order valence-electron chi connectivity index (χ0n) is 38.2. The van der Waals surface area contributed by atoms with Gasteiger partial charge in [0.2, 0.25) is 5.60 Å². The number of carbonyl (C=O) groups excluding carboxylic acids is 4. The third kappa shape index (κ3) is 9.81. The Morgan fingerprint density at radius 3 is 1.81 bits per heavy atom. The first-order valence-electron chi connectivity index (χ1n) is 22.7.